The van der Waals surface area contributed by atoms with E-state index in [0.29, 0.717) is 5.91 Å². The van der Waals surface area contributed by atoms with E-state index in [1.165, 1.54) is 16.8 Å². The minimum Gasteiger partial charge on any atom is -0.340 e. The molecule has 0 bridgehead atoms. The molecule has 1 amide bonds. The Labute approximate surface area is 139 Å². The molecule has 1 fully saturated rings. The Morgan fingerprint density at radius 3 is 2.57 bits per heavy atom. The van der Waals surface area contributed by atoms with E-state index in [9.17, 15) is 4.79 Å². The van der Waals surface area contributed by atoms with Gasteiger partial charge >= 0.3 is 0 Å². The van der Waals surface area contributed by atoms with Crippen LogP contribution in [-0.2, 0) is 23.1 Å². The first-order chi connectivity index (χ1) is 10.8. The topological polar surface area (TPSA) is 36.4 Å². The lowest BCUT2D eigenvalue weighted by Crippen LogP contribution is -2.49. The quantitative estimate of drug-likeness (QED) is 0.797. The number of hydrogen-bond acceptors (Lipinski definition) is 3. The fourth-order valence-electron chi connectivity index (χ4n) is 3.52. The highest BCUT2D eigenvalue weighted by molar-refractivity contribution is 5.79. The molecule has 0 spiro atoms. The zero-order chi connectivity index (χ0) is 16.6. The van der Waals surface area contributed by atoms with E-state index >= 15 is 0 Å². The van der Waals surface area contributed by atoms with Gasteiger partial charge in [0.25, 0.3) is 0 Å². The van der Waals surface area contributed by atoms with Gasteiger partial charge in [-0.1, -0.05) is 26.8 Å². The summed E-state index contributed by atoms with van der Waals surface area (Å²) in [5.74, 6) is 0.493. The molecule has 4 heteroatoms. The Hall–Kier alpha value is -1.42. The lowest BCUT2D eigenvalue weighted by atomic mass is 9.81. The smallest absolute Gasteiger partial charge is 0.226 e. The van der Waals surface area contributed by atoms with E-state index in [0.717, 1.165) is 45.4 Å². The highest BCUT2D eigenvalue weighted by atomic mass is 16.2. The first kappa shape index (κ1) is 16.4. The van der Waals surface area contributed by atoms with Gasteiger partial charge in [-0.05, 0) is 42.9 Å². The molecular weight excluding hydrogens is 286 g/mol. The van der Waals surface area contributed by atoms with Crippen LogP contribution in [0.5, 0.6) is 0 Å². The Morgan fingerprint density at radius 2 is 1.91 bits per heavy atom. The summed E-state index contributed by atoms with van der Waals surface area (Å²) in [6.45, 7) is 10.4. The third kappa shape index (κ3) is 3.57. The van der Waals surface area contributed by atoms with E-state index < -0.39 is 0 Å². The molecule has 1 saturated heterocycles. The van der Waals surface area contributed by atoms with Gasteiger partial charge in [0.05, 0.1) is 0 Å². The first-order valence-electron chi connectivity index (χ1n) is 8.80. The summed E-state index contributed by atoms with van der Waals surface area (Å²) in [5.41, 5.74) is 3.86. The maximum absolute atomic E-state index is 12.8. The fourth-order valence-corrected chi connectivity index (χ4v) is 3.52. The van der Waals surface area contributed by atoms with Crippen LogP contribution in [0.15, 0.2) is 12.3 Å². The SMILES string of the molecule is CN1CCN(C(=O)C2CCc3ncc(C(C)(C)C)cc3C2)CC1. The number of hydrogen-bond donors (Lipinski definition) is 0. The van der Waals surface area contributed by atoms with Crippen molar-refractivity contribution in [2.24, 2.45) is 5.92 Å². The molecule has 4 nitrogen and oxygen atoms in total. The predicted octanol–water partition coefficient (Wildman–Crippen LogP) is 2.26. The van der Waals surface area contributed by atoms with Gasteiger partial charge < -0.3 is 9.80 Å². The lowest BCUT2D eigenvalue weighted by molar-refractivity contribution is -0.137. The second-order valence-corrected chi connectivity index (χ2v) is 8.15. The van der Waals surface area contributed by atoms with Crippen molar-refractivity contribution in [3.63, 3.8) is 0 Å². The Morgan fingerprint density at radius 1 is 1.22 bits per heavy atom. The highest BCUT2D eigenvalue weighted by Gasteiger charge is 2.30. The van der Waals surface area contributed by atoms with E-state index in [-0.39, 0.29) is 11.3 Å². The van der Waals surface area contributed by atoms with Crippen molar-refractivity contribution < 1.29 is 4.79 Å². The number of aryl methyl sites for hydroxylation is 1. The monoisotopic (exact) mass is 315 g/mol. The molecule has 126 valence electrons. The summed E-state index contributed by atoms with van der Waals surface area (Å²) in [5, 5.41) is 0. The summed E-state index contributed by atoms with van der Waals surface area (Å²) < 4.78 is 0. The molecule has 0 aromatic carbocycles. The fraction of sp³-hybridized carbons (Fsp3) is 0.684. The number of nitrogens with zero attached hydrogens (tertiary/aromatic N) is 3. The Balaban J connectivity index is 1.73. The number of aromatic nitrogens is 1. The third-order valence-electron chi connectivity index (χ3n) is 5.29. The van der Waals surface area contributed by atoms with E-state index in [4.69, 9.17) is 0 Å². The molecule has 1 aromatic heterocycles. The summed E-state index contributed by atoms with van der Waals surface area (Å²) in [4.78, 5) is 21.9. The van der Waals surface area contributed by atoms with Gasteiger partial charge in [-0.15, -0.1) is 0 Å². The molecule has 0 N–H and O–H groups in total. The summed E-state index contributed by atoms with van der Waals surface area (Å²) in [6, 6.07) is 2.28. The number of piperazine rings is 1. The number of rotatable bonds is 1. The third-order valence-corrected chi connectivity index (χ3v) is 5.29. The molecular formula is C19H29N3O. The van der Waals surface area contributed by atoms with Crippen molar-refractivity contribution in [2.45, 2.75) is 45.4 Å². The molecule has 3 rings (SSSR count). The van der Waals surface area contributed by atoms with Crippen molar-refractivity contribution in [1.29, 1.82) is 0 Å². The average Bonchev–Trinajstić information content (AvgIpc) is 2.53. The van der Waals surface area contributed by atoms with Crippen molar-refractivity contribution in [3.8, 4) is 0 Å². The molecule has 0 saturated carbocycles. The normalized spacial score (nSPS) is 22.8. The largest absolute Gasteiger partial charge is 0.340 e. The average molecular weight is 315 g/mol. The molecule has 23 heavy (non-hydrogen) atoms. The van der Waals surface area contributed by atoms with Gasteiger partial charge in [0, 0.05) is 44.0 Å². The molecule has 2 heterocycles. The molecule has 1 unspecified atom stereocenters. The summed E-state index contributed by atoms with van der Waals surface area (Å²) in [6.07, 6.45) is 4.75. The van der Waals surface area contributed by atoms with Crippen LogP contribution >= 0.6 is 0 Å². The molecule has 1 aliphatic heterocycles. The molecule has 0 radical (unpaired) electrons. The van der Waals surface area contributed by atoms with Crippen LogP contribution in [0.25, 0.3) is 0 Å². The van der Waals surface area contributed by atoms with Crippen LogP contribution in [0.1, 0.15) is 44.0 Å². The van der Waals surface area contributed by atoms with Crippen molar-refractivity contribution in [2.75, 3.05) is 33.2 Å². The molecule has 2 aliphatic rings. The number of amides is 1. The van der Waals surface area contributed by atoms with Gasteiger partial charge in [0.15, 0.2) is 0 Å². The minimum absolute atomic E-state index is 0.108. The van der Waals surface area contributed by atoms with Gasteiger partial charge in [-0.2, -0.15) is 0 Å². The van der Waals surface area contributed by atoms with Crippen molar-refractivity contribution in [3.05, 3.63) is 29.1 Å². The van der Waals surface area contributed by atoms with Crippen LogP contribution in [0.3, 0.4) is 0 Å². The molecule has 1 aliphatic carbocycles. The van der Waals surface area contributed by atoms with E-state index in [2.05, 4.69) is 48.7 Å². The minimum atomic E-state index is 0.108. The van der Waals surface area contributed by atoms with Crippen LogP contribution in [0.4, 0.5) is 0 Å². The number of carbonyl (C=O) groups is 1. The highest BCUT2D eigenvalue weighted by Crippen LogP contribution is 2.30. The Kier molecular flexibility index (Phi) is 4.45. The zero-order valence-electron chi connectivity index (χ0n) is 14.9. The standard InChI is InChI=1S/C19H29N3O/c1-19(2,3)16-12-15-11-14(5-6-17(15)20-13-16)18(23)22-9-7-21(4)8-10-22/h12-14H,5-11H2,1-4H3. The van der Waals surface area contributed by atoms with Crippen LogP contribution in [0.2, 0.25) is 0 Å². The maximum Gasteiger partial charge on any atom is 0.226 e. The Bertz CT molecular complexity index is 583. The number of pyridine rings is 1. The second-order valence-electron chi connectivity index (χ2n) is 8.15. The lowest BCUT2D eigenvalue weighted by Gasteiger charge is -2.36. The number of fused-ring (bicyclic) bond motifs is 1. The van der Waals surface area contributed by atoms with Gasteiger partial charge in [0.1, 0.15) is 0 Å². The second kappa shape index (κ2) is 6.23. The number of carbonyl (C=O) groups excluding carboxylic acids is 1. The first-order valence-corrected chi connectivity index (χ1v) is 8.80. The van der Waals surface area contributed by atoms with Gasteiger partial charge in [-0.25, -0.2) is 0 Å². The van der Waals surface area contributed by atoms with Crippen LogP contribution < -0.4 is 0 Å². The zero-order valence-corrected chi connectivity index (χ0v) is 14.9. The molecule has 1 atom stereocenters. The maximum atomic E-state index is 12.8. The predicted molar refractivity (Wildman–Crippen MR) is 92.5 cm³/mol. The van der Waals surface area contributed by atoms with Gasteiger partial charge in [0.2, 0.25) is 5.91 Å². The van der Waals surface area contributed by atoms with Crippen molar-refractivity contribution in [1.82, 2.24) is 14.8 Å². The number of likely N-dealkylation sites (N-methyl/N-ethyl adjacent to an activating group) is 1. The summed E-state index contributed by atoms with van der Waals surface area (Å²) in [7, 11) is 2.12. The van der Waals surface area contributed by atoms with Gasteiger partial charge in [-0.3, -0.25) is 9.78 Å². The van der Waals surface area contributed by atoms with E-state index in [1.54, 1.807) is 0 Å². The molecule has 1 aromatic rings. The van der Waals surface area contributed by atoms with Crippen LogP contribution in [-0.4, -0.2) is 53.9 Å². The van der Waals surface area contributed by atoms with Crippen LogP contribution in [0, 0.1) is 5.92 Å². The summed E-state index contributed by atoms with van der Waals surface area (Å²) >= 11 is 0. The van der Waals surface area contributed by atoms with E-state index in [1.807, 2.05) is 6.20 Å². The van der Waals surface area contributed by atoms with Crippen molar-refractivity contribution >= 4 is 5.91 Å².